The van der Waals surface area contributed by atoms with Gasteiger partial charge >= 0.3 is 6.18 Å². The van der Waals surface area contributed by atoms with E-state index in [0.29, 0.717) is 6.07 Å². The van der Waals surface area contributed by atoms with Gasteiger partial charge in [0.15, 0.2) is 0 Å². The van der Waals surface area contributed by atoms with Gasteiger partial charge in [0.2, 0.25) is 0 Å². The Morgan fingerprint density at radius 2 is 1.88 bits per heavy atom. The number of halogens is 4. The van der Waals surface area contributed by atoms with Crippen molar-refractivity contribution >= 4 is 27.3 Å². The smallest absolute Gasteiger partial charge is 0.416 e. The SMILES string of the molecule is CCOc1ccc(Cl)cc1S(=O)(=O)Nc1cccc(C(F)(F)F)c1. The Labute approximate surface area is 142 Å². The van der Waals surface area contributed by atoms with Crippen molar-refractivity contribution in [2.75, 3.05) is 11.3 Å². The summed E-state index contributed by atoms with van der Waals surface area (Å²) < 4.78 is 70.5. The molecule has 130 valence electrons. The van der Waals surface area contributed by atoms with Crippen LogP contribution >= 0.6 is 11.6 Å². The predicted molar refractivity (Wildman–Crippen MR) is 84.9 cm³/mol. The minimum absolute atomic E-state index is 0.0568. The fraction of sp³-hybridized carbons (Fsp3) is 0.200. The summed E-state index contributed by atoms with van der Waals surface area (Å²) in [5, 5.41) is 0.155. The van der Waals surface area contributed by atoms with E-state index in [2.05, 4.69) is 4.72 Å². The van der Waals surface area contributed by atoms with Gasteiger partial charge in [-0.15, -0.1) is 0 Å². The molecule has 0 bridgehead atoms. The third-order valence-electron chi connectivity index (χ3n) is 2.94. The molecular weight excluding hydrogens is 367 g/mol. The van der Waals surface area contributed by atoms with Gasteiger partial charge < -0.3 is 4.74 Å². The monoisotopic (exact) mass is 379 g/mol. The van der Waals surface area contributed by atoms with Gasteiger partial charge in [0.05, 0.1) is 12.2 Å². The van der Waals surface area contributed by atoms with Crippen molar-refractivity contribution in [3.05, 3.63) is 53.1 Å². The second-order valence-corrected chi connectivity index (χ2v) is 6.80. The fourth-order valence-corrected chi connectivity index (χ4v) is 3.39. The number of benzene rings is 2. The zero-order valence-electron chi connectivity index (χ0n) is 12.4. The van der Waals surface area contributed by atoms with E-state index in [9.17, 15) is 21.6 Å². The Morgan fingerprint density at radius 3 is 2.50 bits per heavy atom. The lowest BCUT2D eigenvalue weighted by molar-refractivity contribution is -0.137. The molecule has 2 aromatic rings. The lowest BCUT2D eigenvalue weighted by Gasteiger charge is -2.14. The van der Waals surface area contributed by atoms with Gasteiger partial charge in [-0.25, -0.2) is 8.42 Å². The summed E-state index contributed by atoms with van der Waals surface area (Å²) in [6.45, 7) is 1.89. The molecular formula is C15H13ClF3NO3S. The lowest BCUT2D eigenvalue weighted by Crippen LogP contribution is -2.15. The van der Waals surface area contributed by atoms with Crippen LogP contribution in [-0.2, 0) is 16.2 Å². The Bertz CT molecular complexity index is 838. The van der Waals surface area contributed by atoms with Crippen LogP contribution in [0.4, 0.5) is 18.9 Å². The molecule has 0 unspecified atom stereocenters. The van der Waals surface area contributed by atoms with Gasteiger partial charge in [-0.1, -0.05) is 17.7 Å². The summed E-state index contributed by atoms with van der Waals surface area (Å²) in [5.74, 6) is 0.0568. The number of ether oxygens (including phenoxy) is 1. The first-order valence-corrected chi connectivity index (χ1v) is 8.62. The van der Waals surface area contributed by atoms with Crippen LogP contribution in [0, 0.1) is 0 Å². The van der Waals surface area contributed by atoms with E-state index < -0.39 is 21.8 Å². The Balaban J connectivity index is 2.41. The molecule has 0 amide bonds. The molecule has 24 heavy (non-hydrogen) atoms. The quantitative estimate of drug-likeness (QED) is 0.828. The van der Waals surface area contributed by atoms with Crippen molar-refractivity contribution in [3.63, 3.8) is 0 Å². The maximum absolute atomic E-state index is 12.7. The summed E-state index contributed by atoms with van der Waals surface area (Å²) in [6.07, 6.45) is -4.58. The highest BCUT2D eigenvalue weighted by molar-refractivity contribution is 7.92. The predicted octanol–water partition coefficient (Wildman–Crippen LogP) is 4.56. The van der Waals surface area contributed by atoms with Crippen LogP contribution in [0.2, 0.25) is 5.02 Å². The van der Waals surface area contributed by atoms with Crippen LogP contribution in [0.25, 0.3) is 0 Å². The van der Waals surface area contributed by atoms with Crippen LogP contribution in [0.3, 0.4) is 0 Å². The highest BCUT2D eigenvalue weighted by Gasteiger charge is 2.31. The van der Waals surface area contributed by atoms with E-state index in [4.69, 9.17) is 16.3 Å². The average Bonchev–Trinajstić information content (AvgIpc) is 2.48. The topological polar surface area (TPSA) is 55.4 Å². The van der Waals surface area contributed by atoms with Gasteiger partial charge in [0.1, 0.15) is 10.6 Å². The van der Waals surface area contributed by atoms with E-state index >= 15 is 0 Å². The van der Waals surface area contributed by atoms with Gasteiger partial charge in [-0.3, -0.25) is 4.72 Å². The Hall–Kier alpha value is -1.93. The molecule has 0 atom stereocenters. The minimum atomic E-state index is -4.58. The molecule has 1 N–H and O–H groups in total. The summed E-state index contributed by atoms with van der Waals surface area (Å²) in [4.78, 5) is -0.255. The Morgan fingerprint density at radius 1 is 1.17 bits per heavy atom. The number of nitrogens with one attached hydrogen (secondary N) is 1. The van der Waals surface area contributed by atoms with E-state index in [1.54, 1.807) is 6.92 Å². The molecule has 0 aliphatic rings. The van der Waals surface area contributed by atoms with Gasteiger partial charge in [0, 0.05) is 10.7 Å². The number of alkyl halides is 3. The molecule has 0 saturated carbocycles. The summed E-state index contributed by atoms with van der Waals surface area (Å²) in [6, 6.07) is 7.90. The number of rotatable bonds is 5. The first-order valence-electron chi connectivity index (χ1n) is 6.76. The largest absolute Gasteiger partial charge is 0.492 e. The zero-order chi connectivity index (χ0) is 18.0. The molecule has 2 aromatic carbocycles. The van der Waals surface area contributed by atoms with E-state index in [1.807, 2.05) is 0 Å². The third kappa shape index (κ3) is 4.33. The van der Waals surface area contributed by atoms with Crippen LogP contribution in [0.5, 0.6) is 5.75 Å². The van der Waals surface area contributed by atoms with Crippen LogP contribution in [-0.4, -0.2) is 15.0 Å². The van der Waals surface area contributed by atoms with Crippen molar-refractivity contribution in [2.24, 2.45) is 0 Å². The first kappa shape index (κ1) is 18.4. The molecule has 9 heteroatoms. The average molecular weight is 380 g/mol. The second kappa shape index (κ2) is 6.90. The molecule has 0 radical (unpaired) electrons. The lowest BCUT2D eigenvalue weighted by atomic mass is 10.2. The normalized spacial score (nSPS) is 12.0. The van der Waals surface area contributed by atoms with Crippen LogP contribution in [0.15, 0.2) is 47.4 Å². The van der Waals surface area contributed by atoms with Crippen molar-refractivity contribution < 1.29 is 26.3 Å². The van der Waals surface area contributed by atoms with Gasteiger partial charge in [-0.2, -0.15) is 13.2 Å². The number of hydrogen-bond acceptors (Lipinski definition) is 3. The number of hydrogen-bond donors (Lipinski definition) is 1. The minimum Gasteiger partial charge on any atom is -0.492 e. The molecule has 0 spiro atoms. The summed E-state index contributed by atoms with van der Waals surface area (Å²) in [7, 11) is -4.18. The van der Waals surface area contributed by atoms with Crippen molar-refractivity contribution in [2.45, 2.75) is 18.0 Å². The fourth-order valence-electron chi connectivity index (χ4n) is 1.94. The molecule has 0 aliphatic carbocycles. The molecule has 0 saturated heterocycles. The standard InChI is InChI=1S/C15H13ClF3NO3S/c1-2-23-13-7-6-11(16)9-14(13)24(21,22)20-12-5-3-4-10(8-12)15(17,18)19/h3-9,20H,2H2,1H3. The maximum atomic E-state index is 12.7. The summed E-state index contributed by atoms with van der Waals surface area (Å²) >= 11 is 5.81. The number of sulfonamides is 1. The van der Waals surface area contributed by atoms with E-state index in [0.717, 1.165) is 12.1 Å². The summed E-state index contributed by atoms with van der Waals surface area (Å²) in [5.41, 5.74) is -1.17. The second-order valence-electron chi connectivity index (χ2n) is 4.71. The van der Waals surface area contributed by atoms with Crippen LogP contribution in [0.1, 0.15) is 12.5 Å². The van der Waals surface area contributed by atoms with Crippen molar-refractivity contribution in [3.8, 4) is 5.75 Å². The molecule has 0 aromatic heterocycles. The maximum Gasteiger partial charge on any atom is 0.416 e. The molecule has 0 heterocycles. The van der Waals surface area contributed by atoms with Crippen molar-refractivity contribution in [1.29, 1.82) is 0 Å². The van der Waals surface area contributed by atoms with Gasteiger partial charge in [-0.05, 0) is 43.3 Å². The van der Waals surface area contributed by atoms with E-state index in [-0.39, 0.29) is 28.0 Å². The van der Waals surface area contributed by atoms with Crippen LogP contribution < -0.4 is 9.46 Å². The Kier molecular flexibility index (Phi) is 5.29. The number of anilines is 1. The first-order chi connectivity index (χ1) is 11.1. The highest BCUT2D eigenvalue weighted by atomic mass is 35.5. The highest BCUT2D eigenvalue weighted by Crippen LogP contribution is 2.32. The third-order valence-corrected chi connectivity index (χ3v) is 4.57. The van der Waals surface area contributed by atoms with Gasteiger partial charge in [0.25, 0.3) is 10.0 Å². The molecule has 4 nitrogen and oxygen atoms in total. The van der Waals surface area contributed by atoms with E-state index in [1.165, 1.54) is 24.3 Å². The zero-order valence-corrected chi connectivity index (χ0v) is 14.0. The molecule has 0 aliphatic heterocycles. The molecule has 0 fully saturated rings. The van der Waals surface area contributed by atoms with Crippen molar-refractivity contribution in [1.82, 2.24) is 0 Å². The molecule has 2 rings (SSSR count).